The molecule has 5 rings (SSSR count). The van der Waals surface area contributed by atoms with Gasteiger partial charge in [0.25, 0.3) is 0 Å². The van der Waals surface area contributed by atoms with Crippen LogP contribution in [0, 0.1) is 11.6 Å². The number of halogens is 2. The van der Waals surface area contributed by atoms with Crippen LogP contribution in [-0.4, -0.2) is 26.3 Å². The van der Waals surface area contributed by atoms with Crippen molar-refractivity contribution in [2.75, 3.05) is 16.8 Å². The van der Waals surface area contributed by atoms with Gasteiger partial charge in [0.2, 0.25) is 0 Å². The molecule has 9 heteroatoms. The predicted molar refractivity (Wildman–Crippen MR) is 128 cm³/mol. The van der Waals surface area contributed by atoms with E-state index in [1.807, 2.05) is 41.3 Å². The van der Waals surface area contributed by atoms with Gasteiger partial charge in [0.1, 0.15) is 23.1 Å². The summed E-state index contributed by atoms with van der Waals surface area (Å²) in [5.74, 6) is -0.170. The van der Waals surface area contributed by atoms with Crippen molar-refractivity contribution in [3.8, 4) is 0 Å². The molecule has 168 valence electrons. The van der Waals surface area contributed by atoms with Gasteiger partial charge in [-0.2, -0.15) is 5.10 Å². The molecule has 0 bridgehead atoms. The van der Waals surface area contributed by atoms with Crippen molar-refractivity contribution >= 4 is 34.5 Å². The van der Waals surface area contributed by atoms with E-state index in [9.17, 15) is 8.78 Å². The number of thiocarbonyl (C=S) groups is 1. The fourth-order valence-corrected chi connectivity index (χ4v) is 4.37. The molecule has 0 aliphatic carbocycles. The monoisotopic (exact) mass is 464 g/mol. The quantitative estimate of drug-likeness (QED) is 0.413. The molecule has 4 aromatic rings. The number of nitrogens with zero attached hydrogens (tertiary/aromatic N) is 4. The molecule has 33 heavy (non-hydrogen) atoms. The van der Waals surface area contributed by atoms with Crippen molar-refractivity contribution in [3.63, 3.8) is 0 Å². The summed E-state index contributed by atoms with van der Waals surface area (Å²) >= 11 is 5.44. The highest BCUT2D eigenvalue weighted by Gasteiger charge is 2.30. The third kappa shape index (κ3) is 4.49. The van der Waals surface area contributed by atoms with Crippen molar-refractivity contribution in [1.29, 1.82) is 0 Å². The first-order valence-corrected chi connectivity index (χ1v) is 11.1. The Bertz CT molecular complexity index is 1290. The average Bonchev–Trinajstić information content (AvgIpc) is 3.47. The number of hydrogen-bond donors (Lipinski definition) is 2. The summed E-state index contributed by atoms with van der Waals surface area (Å²) in [5, 5.41) is 11.1. The molecule has 0 saturated carbocycles. The molecule has 1 aliphatic rings. The molecule has 1 aliphatic heterocycles. The molecule has 2 aromatic heterocycles. The van der Waals surface area contributed by atoms with Crippen molar-refractivity contribution < 1.29 is 8.78 Å². The molecule has 1 saturated heterocycles. The summed E-state index contributed by atoms with van der Waals surface area (Å²) in [6.07, 6.45) is 5.06. The van der Waals surface area contributed by atoms with E-state index in [-0.39, 0.29) is 6.04 Å². The van der Waals surface area contributed by atoms with Crippen molar-refractivity contribution in [2.24, 2.45) is 0 Å². The fourth-order valence-electron chi connectivity index (χ4n) is 4.19. The van der Waals surface area contributed by atoms with Crippen LogP contribution in [0.3, 0.4) is 0 Å². The second-order valence-electron chi connectivity index (χ2n) is 7.92. The van der Waals surface area contributed by atoms with E-state index >= 15 is 0 Å². The Balaban J connectivity index is 1.36. The predicted octanol–water partition coefficient (Wildman–Crippen LogP) is 4.84. The molecule has 3 heterocycles. The Morgan fingerprint density at radius 2 is 1.97 bits per heavy atom. The summed E-state index contributed by atoms with van der Waals surface area (Å²) in [4.78, 5) is 6.79. The van der Waals surface area contributed by atoms with Gasteiger partial charge in [-0.15, -0.1) is 0 Å². The van der Waals surface area contributed by atoms with Crippen LogP contribution in [0.15, 0.2) is 67.0 Å². The summed E-state index contributed by atoms with van der Waals surface area (Å²) in [6.45, 7) is 1.30. The minimum Gasteiger partial charge on any atom is -0.358 e. The maximum atomic E-state index is 14.5. The summed E-state index contributed by atoms with van der Waals surface area (Å²) < 4.78 is 29.9. The lowest BCUT2D eigenvalue weighted by atomic mass is 10.0. The second-order valence-corrected chi connectivity index (χ2v) is 8.33. The number of nitrogens with one attached hydrogen (secondary N) is 2. The third-order valence-electron chi connectivity index (χ3n) is 5.76. The zero-order chi connectivity index (χ0) is 22.8. The van der Waals surface area contributed by atoms with Crippen LogP contribution in [0.1, 0.15) is 30.0 Å². The number of anilines is 2. The Kier molecular flexibility index (Phi) is 5.87. The van der Waals surface area contributed by atoms with Crippen molar-refractivity contribution in [2.45, 2.75) is 25.4 Å². The lowest BCUT2D eigenvalue weighted by Crippen LogP contribution is -2.28. The number of aromatic nitrogens is 3. The van der Waals surface area contributed by atoms with Crippen LogP contribution in [0.2, 0.25) is 0 Å². The number of hydrogen-bond acceptors (Lipinski definition) is 4. The smallest absolute Gasteiger partial charge is 0.180 e. The van der Waals surface area contributed by atoms with Gasteiger partial charge < -0.3 is 15.5 Å². The first-order chi connectivity index (χ1) is 16.1. The molecule has 2 aromatic carbocycles. The van der Waals surface area contributed by atoms with E-state index in [1.54, 1.807) is 16.9 Å². The lowest BCUT2D eigenvalue weighted by molar-refractivity contribution is 0.560. The van der Waals surface area contributed by atoms with Crippen LogP contribution in [0.4, 0.5) is 20.3 Å². The van der Waals surface area contributed by atoms with Crippen molar-refractivity contribution in [3.05, 3.63) is 89.8 Å². The van der Waals surface area contributed by atoms with Crippen LogP contribution < -0.4 is 15.5 Å². The maximum absolute atomic E-state index is 14.5. The van der Waals surface area contributed by atoms with E-state index in [2.05, 4.69) is 15.7 Å². The standard InChI is InChI=1S/C24H22F2N6S/c25-17-8-9-19(26)18(13-17)21-7-4-11-31(21)22-10-12-32-23(30-22)20(15-28-32)29-24(33)27-14-16-5-2-1-3-6-16/h1-3,5-6,8-10,12-13,15,21H,4,7,11,14H2,(H2,27,29,33)/t21-/m1/s1. The maximum Gasteiger partial charge on any atom is 0.180 e. The van der Waals surface area contributed by atoms with Gasteiger partial charge in [-0.3, -0.25) is 0 Å². The van der Waals surface area contributed by atoms with E-state index in [1.165, 1.54) is 12.1 Å². The highest BCUT2D eigenvalue weighted by Crippen LogP contribution is 2.37. The molecule has 1 atom stereocenters. The first-order valence-electron chi connectivity index (χ1n) is 10.7. The fraction of sp³-hybridized carbons (Fsp3) is 0.208. The van der Waals surface area contributed by atoms with Gasteiger partial charge in [0, 0.05) is 24.8 Å². The molecule has 2 N–H and O–H groups in total. The first kappa shape index (κ1) is 21.3. The van der Waals surface area contributed by atoms with E-state index < -0.39 is 11.6 Å². The van der Waals surface area contributed by atoms with Gasteiger partial charge in [-0.1, -0.05) is 30.3 Å². The summed E-state index contributed by atoms with van der Waals surface area (Å²) in [6, 6.07) is 15.1. The van der Waals surface area contributed by atoms with Crippen LogP contribution in [0.25, 0.3) is 5.65 Å². The minimum absolute atomic E-state index is 0.274. The molecule has 0 radical (unpaired) electrons. The topological polar surface area (TPSA) is 57.5 Å². The Labute approximate surface area is 195 Å². The summed E-state index contributed by atoms with van der Waals surface area (Å²) in [5.41, 5.74) is 2.73. The van der Waals surface area contributed by atoms with Gasteiger partial charge in [0.05, 0.1) is 12.2 Å². The highest BCUT2D eigenvalue weighted by atomic mass is 32.1. The van der Waals surface area contributed by atoms with Gasteiger partial charge in [-0.05, 0) is 54.9 Å². The molecule has 1 fully saturated rings. The van der Waals surface area contributed by atoms with Crippen molar-refractivity contribution in [1.82, 2.24) is 19.9 Å². The largest absolute Gasteiger partial charge is 0.358 e. The van der Waals surface area contributed by atoms with Crippen LogP contribution in [-0.2, 0) is 6.54 Å². The van der Waals surface area contributed by atoms with Gasteiger partial charge in [0.15, 0.2) is 10.8 Å². The molecule has 0 spiro atoms. The molecule has 0 amide bonds. The highest BCUT2D eigenvalue weighted by molar-refractivity contribution is 7.80. The molecule has 6 nitrogen and oxygen atoms in total. The lowest BCUT2D eigenvalue weighted by Gasteiger charge is -2.26. The zero-order valence-electron chi connectivity index (χ0n) is 17.7. The Morgan fingerprint density at radius 3 is 2.82 bits per heavy atom. The number of fused-ring (bicyclic) bond motifs is 1. The van der Waals surface area contributed by atoms with Crippen LogP contribution in [0.5, 0.6) is 0 Å². The Morgan fingerprint density at radius 1 is 1.12 bits per heavy atom. The van der Waals surface area contributed by atoms with E-state index in [4.69, 9.17) is 17.2 Å². The Hall–Kier alpha value is -3.59. The van der Waals surface area contributed by atoms with Gasteiger partial charge >= 0.3 is 0 Å². The molecular formula is C24H22F2N6S. The molecule has 0 unspecified atom stereocenters. The number of rotatable bonds is 5. The van der Waals surface area contributed by atoms with E-state index in [0.29, 0.717) is 40.9 Å². The summed E-state index contributed by atoms with van der Waals surface area (Å²) in [7, 11) is 0. The van der Waals surface area contributed by atoms with Crippen LogP contribution >= 0.6 is 12.2 Å². The van der Waals surface area contributed by atoms with E-state index in [0.717, 1.165) is 24.5 Å². The normalized spacial score (nSPS) is 15.7. The van der Waals surface area contributed by atoms with Gasteiger partial charge in [-0.25, -0.2) is 18.3 Å². The minimum atomic E-state index is -0.444. The number of benzene rings is 2. The molecular weight excluding hydrogens is 442 g/mol. The third-order valence-corrected chi connectivity index (χ3v) is 6.01. The average molecular weight is 465 g/mol. The SMILES string of the molecule is Fc1ccc(F)c([C@H]2CCCN2c2ccn3ncc(NC(=S)NCc4ccccc4)c3n2)c1. The second kappa shape index (κ2) is 9.11. The zero-order valence-corrected chi connectivity index (χ0v) is 18.5.